The van der Waals surface area contributed by atoms with Gasteiger partial charge in [0.15, 0.2) is 0 Å². The summed E-state index contributed by atoms with van der Waals surface area (Å²) < 4.78 is 1.22. The quantitative estimate of drug-likeness (QED) is 0.711. The van der Waals surface area contributed by atoms with Crippen molar-refractivity contribution in [2.24, 2.45) is 5.73 Å². The van der Waals surface area contributed by atoms with Crippen LogP contribution in [0.3, 0.4) is 0 Å². The Hall–Kier alpha value is 0.140. The van der Waals surface area contributed by atoms with E-state index < -0.39 is 0 Å². The zero-order valence-corrected chi connectivity index (χ0v) is 7.83. The van der Waals surface area contributed by atoms with Gasteiger partial charge >= 0.3 is 0 Å². The molecule has 0 fully saturated rings. The van der Waals surface area contributed by atoms with E-state index in [9.17, 15) is 0 Å². The zero-order chi connectivity index (χ0) is 7.14. The maximum Gasteiger partial charge on any atom is 0.0704 e. The molecule has 0 spiro atoms. The molecular weight excluding hydrogens is 210 g/mol. The topological polar surface area (TPSA) is 26.0 Å². The molecule has 54 valence electrons. The summed E-state index contributed by atoms with van der Waals surface area (Å²) in [5, 5.41) is 0. The first-order valence-corrected chi connectivity index (χ1v) is 4.92. The van der Waals surface area contributed by atoms with Crippen LogP contribution >= 0.6 is 27.3 Å². The van der Waals surface area contributed by atoms with E-state index in [0.29, 0.717) is 6.04 Å². The van der Waals surface area contributed by atoms with Crippen LogP contribution in [0.4, 0.5) is 0 Å². The summed E-state index contributed by atoms with van der Waals surface area (Å²) in [5.74, 6) is 0. The van der Waals surface area contributed by atoms with Gasteiger partial charge in [0.1, 0.15) is 0 Å². The highest BCUT2D eigenvalue weighted by Gasteiger charge is 2.20. The van der Waals surface area contributed by atoms with Gasteiger partial charge < -0.3 is 5.73 Å². The number of fused-ring (bicyclic) bond motifs is 1. The molecular formula is C7H8BrNS. The number of hydrogen-bond donors (Lipinski definition) is 1. The van der Waals surface area contributed by atoms with Crippen molar-refractivity contribution in [1.82, 2.24) is 0 Å². The van der Waals surface area contributed by atoms with Gasteiger partial charge in [-0.2, -0.15) is 0 Å². The normalized spacial score (nSPS) is 23.2. The standard InChI is InChI=1S/C7H8BrNS/c8-7-3-4-5(9)1-2-6(4)10-7/h3,5H,1-2,9H2. The van der Waals surface area contributed by atoms with Crippen LogP contribution in [0.2, 0.25) is 0 Å². The summed E-state index contributed by atoms with van der Waals surface area (Å²) in [5.41, 5.74) is 7.20. The second kappa shape index (κ2) is 2.32. The minimum Gasteiger partial charge on any atom is -0.324 e. The summed E-state index contributed by atoms with van der Waals surface area (Å²) in [7, 11) is 0. The predicted molar refractivity (Wildman–Crippen MR) is 47.3 cm³/mol. The molecule has 1 aromatic heterocycles. The number of rotatable bonds is 0. The fraction of sp³-hybridized carbons (Fsp3) is 0.429. The molecule has 1 unspecified atom stereocenters. The van der Waals surface area contributed by atoms with Crippen molar-refractivity contribution in [3.05, 3.63) is 20.3 Å². The maximum atomic E-state index is 5.85. The Morgan fingerprint density at radius 3 is 3.20 bits per heavy atom. The minimum atomic E-state index is 0.303. The molecule has 0 saturated heterocycles. The highest BCUT2D eigenvalue weighted by molar-refractivity contribution is 9.11. The van der Waals surface area contributed by atoms with E-state index in [2.05, 4.69) is 22.0 Å². The van der Waals surface area contributed by atoms with Crippen LogP contribution in [-0.2, 0) is 6.42 Å². The molecule has 0 radical (unpaired) electrons. The van der Waals surface area contributed by atoms with Crippen molar-refractivity contribution < 1.29 is 0 Å². The van der Waals surface area contributed by atoms with Crippen molar-refractivity contribution in [3.8, 4) is 0 Å². The molecule has 0 aliphatic heterocycles. The van der Waals surface area contributed by atoms with Crippen molar-refractivity contribution in [3.63, 3.8) is 0 Å². The van der Waals surface area contributed by atoms with Crippen LogP contribution < -0.4 is 5.73 Å². The lowest BCUT2D eigenvalue weighted by Crippen LogP contribution is -2.03. The SMILES string of the molecule is NC1CCc2sc(Br)cc21. The second-order valence-electron chi connectivity index (χ2n) is 2.57. The van der Waals surface area contributed by atoms with E-state index in [1.165, 1.54) is 20.6 Å². The summed E-state index contributed by atoms with van der Waals surface area (Å²) in [6, 6.07) is 2.45. The van der Waals surface area contributed by atoms with E-state index in [-0.39, 0.29) is 0 Å². The Morgan fingerprint density at radius 2 is 2.50 bits per heavy atom. The van der Waals surface area contributed by atoms with Crippen LogP contribution in [0.5, 0.6) is 0 Å². The molecule has 1 aliphatic carbocycles. The Bertz CT molecular complexity index is 256. The molecule has 1 nitrogen and oxygen atoms in total. The summed E-state index contributed by atoms with van der Waals surface area (Å²) in [6.07, 6.45) is 2.31. The van der Waals surface area contributed by atoms with E-state index in [1.54, 1.807) is 0 Å². The van der Waals surface area contributed by atoms with Gasteiger partial charge in [0.25, 0.3) is 0 Å². The molecule has 0 saturated carbocycles. The number of hydrogen-bond acceptors (Lipinski definition) is 2. The van der Waals surface area contributed by atoms with E-state index >= 15 is 0 Å². The van der Waals surface area contributed by atoms with Gasteiger partial charge in [-0.3, -0.25) is 0 Å². The first kappa shape index (κ1) is 6.83. The van der Waals surface area contributed by atoms with Crippen LogP contribution in [0, 0.1) is 0 Å². The lowest BCUT2D eigenvalue weighted by molar-refractivity contribution is 0.713. The number of halogens is 1. The highest BCUT2D eigenvalue weighted by Crippen LogP contribution is 2.37. The molecule has 0 amide bonds. The Kier molecular flexibility index (Phi) is 1.59. The average Bonchev–Trinajstić information content (AvgIpc) is 2.35. The molecule has 2 N–H and O–H groups in total. The van der Waals surface area contributed by atoms with Crippen molar-refractivity contribution in [2.75, 3.05) is 0 Å². The van der Waals surface area contributed by atoms with Gasteiger partial charge in [0, 0.05) is 10.9 Å². The highest BCUT2D eigenvalue weighted by atomic mass is 79.9. The second-order valence-corrected chi connectivity index (χ2v) is 5.09. The molecule has 1 heterocycles. The third kappa shape index (κ3) is 0.929. The third-order valence-corrected chi connectivity index (χ3v) is 3.61. The zero-order valence-electron chi connectivity index (χ0n) is 5.43. The van der Waals surface area contributed by atoms with E-state index in [4.69, 9.17) is 5.73 Å². The van der Waals surface area contributed by atoms with E-state index in [0.717, 1.165) is 6.42 Å². The summed E-state index contributed by atoms with van der Waals surface area (Å²) >= 11 is 5.27. The summed E-state index contributed by atoms with van der Waals surface area (Å²) in [6.45, 7) is 0. The molecule has 1 atom stereocenters. The Morgan fingerprint density at radius 1 is 1.70 bits per heavy atom. The lowest BCUT2D eigenvalue weighted by atomic mass is 10.2. The van der Waals surface area contributed by atoms with Gasteiger partial charge in [-0.05, 0) is 40.4 Å². The number of nitrogens with two attached hydrogens (primary N) is 1. The van der Waals surface area contributed by atoms with Crippen LogP contribution in [-0.4, -0.2) is 0 Å². The molecule has 2 rings (SSSR count). The summed E-state index contributed by atoms with van der Waals surface area (Å²) in [4.78, 5) is 1.47. The van der Waals surface area contributed by atoms with Crippen LogP contribution in [0.25, 0.3) is 0 Å². The molecule has 0 bridgehead atoms. The first-order valence-electron chi connectivity index (χ1n) is 3.31. The van der Waals surface area contributed by atoms with Gasteiger partial charge in [0.05, 0.1) is 3.79 Å². The fourth-order valence-electron chi connectivity index (χ4n) is 1.36. The molecule has 0 aromatic carbocycles. The van der Waals surface area contributed by atoms with Crippen molar-refractivity contribution >= 4 is 27.3 Å². The number of aryl methyl sites for hydroxylation is 1. The maximum absolute atomic E-state index is 5.85. The monoisotopic (exact) mass is 217 g/mol. The number of thiophene rings is 1. The molecule has 10 heavy (non-hydrogen) atoms. The lowest BCUT2D eigenvalue weighted by Gasteiger charge is -1.97. The third-order valence-electron chi connectivity index (χ3n) is 1.89. The molecule has 1 aromatic rings. The van der Waals surface area contributed by atoms with Gasteiger partial charge in [-0.15, -0.1) is 11.3 Å². The first-order chi connectivity index (χ1) is 4.77. The molecule has 3 heteroatoms. The fourth-order valence-corrected chi connectivity index (χ4v) is 3.16. The Balaban J connectivity index is 2.49. The molecule has 1 aliphatic rings. The van der Waals surface area contributed by atoms with E-state index in [1.807, 2.05) is 11.3 Å². The average molecular weight is 218 g/mol. The largest absolute Gasteiger partial charge is 0.324 e. The van der Waals surface area contributed by atoms with Gasteiger partial charge in [-0.25, -0.2) is 0 Å². The van der Waals surface area contributed by atoms with Gasteiger partial charge in [0.2, 0.25) is 0 Å². The minimum absolute atomic E-state index is 0.303. The Labute approximate surface area is 72.4 Å². The van der Waals surface area contributed by atoms with Crippen molar-refractivity contribution in [1.29, 1.82) is 0 Å². The van der Waals surface area contributed by atoms with Gasteiger partial charge in [-0.1, -0.05) is 0 Å². The smallest absolute Gasteiger partial charge is 0.0704 e. The van der Waals surface area contributed by atoms with Crippen LogP contribution in [0.15, 0.2) is 9.85 Å². The predicted octanol–water partition coefficient (Wildman–Crippen LogP) is 2.46. The van der Waals surface area contributed by atoms with Crippen LogP contribution in [0.1, 0.15) is 22.9 Å². The van der Waals surface area contributed by atoms with Crippen molar-refractivity contribution in [2.45, 2.75) is 18.9 Å².